The number of nitrogens with one attached hydrogen (secondary N) is 1. The number of nitrogens with zero attached hydrogens (tertiary/aromatic N) is 4. The maximum Gasteiger partial charge on any atom is 0.419 e. The van der Waals surface area contributed by atoms with E-state index >= 15 is 0 Å². The van der Waals surface area contributed by atoms with E-state index in [0.717, 1.165) is 18.0 Å². The first kappa shape index (κ1) is 20.1. The Morgan fingerprint density at radius 1 is 1.30 bits per heavy atom. The Bertz CT molecular complexity index is 821. The molecular weight excluding hydrogens is 368 g/mol. The third-order valence-corrected chi connectivity index (χ3v) is 3.14. The quantitative estimate of drug-likeness (QED) is 0.331. The lowest BCUT2D eigenvalue weighted by molar-refractivity contribution is -0.139. The number of anilines is 1. The first-order valence-corrected chi connectivity index (χ1v) is 7.69. The lowest BCUT2D eigenvalue weighted by atomic mass is 10.2. The lowest BCUT2D eigenvalue weighted by Crippen LogP contribution is -2.16. The molecule has 2 aromatic rings. The van der Waals surface area contributed by atoms with E-state index in [1.807, 2.05) is 6.92 Å². The second-order valence-corrected chi connectivity index (χ2v) is 5.11. The second-order valence-electron chi connectivity index (χ2n) is 5.11. The summed E-state index contributed by atoms with van der Waals surface area (Å²) in [6.45, 7) is 2.48. The van der Waals surface area contributed by atoms with Crippen LogP contribution in [0.3, 0.4) is 0 Å². The summed E-state index contributed by atoms with van der Waals surface area (Å²) in [6, 6.07) is 2.43. The number of ether oxygens (including phenoxy) is 1. The molecule has 1 aromatic carbocycles. The Kier molecular flexibility index (Phi) is 6.63. The van der Waals surface area contributed by atoms with Crippen LogP contribution in [0.5, 0.6) is 6.01 Å². The summed E-state index contributed by atoms with van der Waals surface area (Å²) in [4.78, 5) is 11.7. The second kappa shape index (κ2) is 8.92. The zero-order chi connectivity index (χ0) is 19.9. The van der Waals surface area contributed by atoms with Gasteiger partial charge in [0.25, 0.3) is 0 Å². The average Bonchev–Trinajstić information content (AvgIpc) is 2.63. The predicted octanol–water partition coefficient (Wildman–Crippen LogP) is 3.16. The summed E-state index contributed by atoms with van der Waals surface area (Å²) in [7, 11) is 0. The summed E-state index contributed by atoms with van der Waals surface area (Å²) in [6.07, 6.45) is -0.660. The molecule has 0 aliphatic heterocycles. The number of nitrogens with two attached hydrogens (primary N) is 1. The molecule has 0 spiro atoms. The van der Waals surface area contributed by atoms with Gasteiger partial charge in [0, 0.05) is 6.54 Å². The SMILES string of the molecule is CCNc1cnc(OCC(C=Nc2ccc(F)c(C(F)(F)F)c2)=NN)nc1. The van der Waals surface area contributed by atoms with Crippen molar-refractivity contribution < 1.29 is 22.3 Å². The number of aliphatic imine (C=N–C) groups is 1. The molecule has 0 aliphatic carbocycles. The fourth-order valence-electron chi connectivity index (χ4n) is 1.89. The molecule has 11 heteroatoms. The van der Waals surface area contributed by atoms with Gasteiger partial charge in [-0.05, 0) is 25.1 Å². The van der Waals surface area contributed by atoms with E-state index in [-0.39, 0.29) is 24.0 Å². The fourth-order valence-corrected chi connectivity index (χ4v) is 1.89. The van der Waals surface area contributed by atoms with Gasteiger partial charge in [0.2, 0.25) is 0 Å². The van der Waals surface area contributed by atoms with Crippen LogP contribution in [0.2, 0.25) is 0 Å². The number of benzene rings is 1. The summed E-state index contributed by atoms with van der Waals surface area (Å²) in [5, 5.41) is 6.45. The summed E-state index contributed by atoms with van der Waals surface area (Å²) < 4.78 is 56.7. The molecule has 0 atom stereocenters. The molecule has 1 aromatic heterocycles. The van der Waals surface area contributed by atoms with Gasteiger partial charge in [0.05, 0.1) is 35.5 Å². The Morgan fingerprint density at radius 3 is 2.59 bits per heavy atom. The van der Waals surface area contributed by atoms with Crippen LogP contribution in [0.15, 0.2) is 40.7 Å². The van der Waals surface area contributed by atoms with Crippen molar-refractivity contribution in [1.29, 1.82) is 0 Å². The molecule has 0 amide bonds. The van der Waals surface area contributed by atoms with Crippen molar-refractivity contribution in [3.63, 3.8) is 0 Å². The van der Waals surface area contributed by atoms with Gasteiger partial charge in [0.15, 0.2) is 0 Å². The largest absolute Gasteiger partial charge is 0.457 e. The number of hydrogen-bond donors (Lipinski definition) is 2. The molecule has 144 valence electrons. The normalized spacial score (nSPS) is 12.4. The summed E-state index contributed by atoms with van der Waals surface area (Å²) >= 11 is 0. The van der Waals surface area contributed by atoms with Crippen LogP contribution in [-0.4, -0.2) is 35.0 Å². The third kappa shape index (κ3) is 5.90. The minimum atomic E-state index is -4.82. The first-order valence-electron chi connectivity index (χ1n) is 7.69. The van der Waals surface area contributed by atoms with Gasteiger partial charge >= 0.3 is 12.2 Å². The summed E-state index contributed by atoms with van der Waals surface area (Å²) in [5.74, 6) is 3.83. The smallest absolute Gasteiger partial charge is 0.419 e. The lowest BCUT2D eigenvalue weighted by Gasteiger charge is -2.08. The van der Waals surface area contributed by atoms with Crippen molar-refractivity contribution in [3.8, 4) is 6.01 Å². The van der Waals surface area contributed by atoms with Gasteiger partial charge in [0.1, 0.15) is 18.1 Å². The molecule has 7 nitrogen and oxygen atoms in total. The van der Waals surface area contributed by atoms with E-state index in [4.69, 9.17) is 10.6 Å². The maximum absolute atomic E-state index is 13.3. The third-order valence-electron chi connectivity index (χ3n) is 3.14. The molecule has 0 radical (unpaired) electrons. The van der Waals surface area contributed by atoms with Crippen LogP contribution in [0.4, 0.5) is 28.9 Å². The van der Waals surface area contributed by atoms with E-state index in [2.05, 4.69) is 25.4 Å². The van der Waals surface area contributed by atoms with Gasteiger partial charge in [-0.3, -0.25) is 4.99 Å². The van der Waals surface area contributed by atoms with Gasteiger partial charge < -0.3 is 15.9 Å². The molecular formula is C16H16F4N6O. The topological polar surface area (TPSA) is 97.8 Å². The molecule has 3 N–H and O–H groups in total. The first-order chi connectivity index (χ1) is 12.8. The molecule has 0 unspecified atom stereocenters. The zero-order valence-corrected chi connectivity index (χ0v) is 14.2. The van der Waals surface area contributed by atoms with E-state index in [9.17, 15) is 17.6 Å². The van der Waals surface area contributed by atoms with Crippen LogP contribution >= 0.6 is 0 Å². The van der Waals surface area contributed by atoms with E-state index in [1.165, 1.54) is 12.4 Å². The highest BCUT2D eigenvalue weighted by atomic mass is 19.4. The highest BCUT2D eigenvalue weighted by molar-refractivity contribution is 6.31. The monoisotopic (exact) mass is 384 g/mol. The Labute approximate surface area is 152 Å². The maximum atomic E-state index is 13.3. The number of hydrazone groups is 1. The van der Waals surface area contributed by atoms with E-state index < -0.39 is 17.6 Å². The van der Waals surface area contributed by atoms with Crippen molar-refractivity contribution in [2.45, 2.75) is 13.1 Å². The van der Waals surface area contributed by atoms with Gasteiger partial charge in [-0.2, -0.15) is 18.3 Å². The van der Waals surface area contributed by atoms with Crippen LogP contribution in [0.1, 0.15) is 12.5 Å². The molecule has 1 heterocycles. The molecule has 0 bridgehead atoms. The molecule has 27 heavy (non-hydrogen) atoms. The fraction of sp³-hybridized carbons (Fsp3) is 0.250. The van der Waals surface area contributed by atoms with Crippen molar-refractivity contribution >= 4 is 23.3 Å². The van der Waals surface area contributed by atoms with Crippen molar-refractivity contribution in [2.75, 3.05) is 18.5 Å². The molecule has 0 saturated heterocycles. The molecule has 2 rings (SSSR count). The van der Waals surface area contributed by atoms with Crippen LogP contribution < -0.4 is 15.9 Å². The standard InChI is InChI=1S/C16H16F4N6O/c1-2-22-11-6-24-15(25-7-11)27-9-12(26-21)8-23-10-3-4-14(17)13(5-10)16(18,19)20/h3-8,22H,2,9,21H2,1H3. The van der Waals surface area contributed by atoms with Gasteiger partial charge in [-0.15, -0.1) is 0 Å². The minimum Gasteiger partial charge on any atom is -0.457 e. The van der Waals surface area contributed by atoms with Crippen LogP contribution in [-0.2, 0) is 6.18 Å². The summed E-state index contributed by atoms with van der Waals surface area (Å²) in [5.41, 5.74) is -0.687. The zero-order valence-electron chi connectivity index (χ0n) is 14.2. The average molecular weight is 384 g/mol. The minimum absolute atomic E-state index is 0.0624. The molecule has 0 fully saturated rings. The van der Waals surface area contributed by atoms with Crippen LogP contribution in [0, 0.1) is 5.82 Å². The molecule has 0 saturated carbocycles. The predicted molar refractivity (Wildman–Crippen MR) is 92.9 cm³/mol. The number of halogens is 4. The highest BCUT2D eigenvalue weighted by Gasteiger charge is 2.34. The number of aromatic nitrogens is 2. The Morgan fingerprint density at radius 2 is 2.00 bits per heavy atom. The molecule has 0 aliphatic rings. The van der Waals surface area contributed by atoms with Crippen molar-refractivity contribution in [1.82, 2.24) is 9.97 Å². The van der Waals surface area contributed by atoms with E-state index in [0.29, 0.717) is 18.7 Å². The number of hydrogen-bond acceptors (Lipinski definition) is 7. The van der Waals surface area contributed by atoms with Gasteiger partial charge in [-0.25, -0.2) is 14.4 Å². The van der Waals surface area contributed by atoms with Crippen molar-refractivity contribution in [3.05, 3.63) is 42.0 Å². The van der Waals surface area contributed by atoms with Crippen LogP contribution in [0.25, 0.3) is 0 Å². The van der Waals surface area contributed by atoms with E-state index in [1.54, 1.807) is 0 Å². The number of rotatable bonds is 7. The number of alkyl halides is 3. The Hall–Kier alpha value is -3.24. The highest BCUT2D eigenvalue weighted by Crippen LogP contribution is 2.33. The van der Waals surface area contributed by atoms with Crippen molar-refractivity contribution in [2.24, 2.45) is 15.9 Å². The van der Waals surface area contributed by atoms with Gasteiger partial charge in [-0.1, -0.05) is 0 Å². The Balaban J connectivity index is 2.02.